The highest BCUT2D eigenvalue weighted by Crippen LogP contribution is 2.30. The highest BCUT2D eigenvalue weighted by atomic mass is 35.5. The van der Waals surface area contributed by atoms with E-state index in [1.165, 1.54) is 11.8 Å². The first-order valence-corrected chi connectivity index (χ1v) is 10.2. The van der Waals surface area contributed by atoms with E-state index < -0.39 is 0 Å². The van der Waals surface area contributed by atoms with Gasteiger partial charge in [0.2, 0.25) is 5.16 Å². The highest BCUT2D eigenvalue weighted by Gasteiger charge is 2.14. The zero-order chi connectivity index (χ0) is 18.6. The molecular weight excluding hydrogens is 402 g/mol. The molecule has 0 aliphatic heterocycles. The van der Waals surface area contributed by atoms with E-state index in [-0.39, 0.29) is 0 Å². The Labute approximate surface area is 169 Å². The van der Waals surface area contributed by atoms with Gasteiger partial charge in [0.1, 0.15) is 16.4 Å². The molecule has 0 radical (unpaired) electrons. The van der Waals surface area contributed by atoms with Crippen LogP contribution in [0.1, 0.15) is 5.69 Å². The maximum absolute atomic E-state index is 5.95. The van der Waals surface area contributed by atoms with Crippen LogP contribution in [0.3, 0.4) is 0 Å². The molecule has 0 bridgehead atoms. The van der Waals surface area contributed by atoms with E-state index in [1.54, 1.807) is 23.1 Å². The van der Waals surface area contributed by atoms with Gasteiger partial charge >= 0.3 is 0 Å². The fraction of sp³-hybridized carbons (Fsp3) is 0.111. The van der Waals surface area contributed by atoms with Crippen molar-refractivity contribution in [2.75, 3.05) is 7.11 Å². The minimum atomic E-state index is 0.666. The van der Waals surface area contributed by atoms with Gasteiger partial charge in [-0.1, -0.05) is 47.6 Å². The number of halogens is 1. The Hall–Kier alpha value is -2.42. The molecule has 0 aliphatic carbocycles. The summed E-state index contributed by atoms with van der Waals surface area (Å²) in [5, 5.41) is 16.4. The lowest BCUT2D eigenvalue weighted by Crippen LogP contribution is -2.01. The Morgan fingerprint density at radius 2 is 1.96 bits per heavy atom. The molecule has 2 aromatic heterocycles. The first-order valence-electron chi connectivity index (χ1n) is 7.99. The van der Waals surface area contributed by atoms with Crippen molar-refractivity contribution in [3.8, 4) is 22.0 Å². The minimum Gasteiger partial charge on any atom is -0.494 e. The van der Waals surface area contributed by atoms with E-state index in [9.17, 15) is 0 Å². The van der Waals surface area contributed by atoms with Crippen LogP contribution in [0.25, 0.3) is 16.3 Å². The third kappa shape index (κ3) is 3.97. The maximum atomic E-state index is 5.95. The van der Waals surface area contributed by atoms with Crippen molar-refractivity contribution in [3.05, 3.63) is 64.6 Å². The summed E-state index contributed by atoms with van der Waals surface area (Å²) in [6.45, 7) is 0. The third-order valence-electron chi connectivity index (χ3n) is 3.75. The number of para-hydroxylation sites is 2. The van der Waals surface area contributed by atoms with Crippen LogP contribution in [0.5, 0.6) is 5.75 Å². The number of tetrazole rings is 1. The number of hydrogen-bond acceptors (Lipinski definition) is 7. The van der Waals surface area contributed by atoms with E-state index in [0.29, 0.717) is 21.7 Å². The smallest absolute Gasteiger partial charge is 0.214 e. The van der Waals surface area contributed by atoms with E-state index >= 15 is 0 Å². The molecule has 9 heteroatoms. The fourth-order valence-electron chi connectivity index (χ4n) is 2.46. The predicted octanol–water partition coefficient (Wildman–Crippen LogP) is 4.74. The second-order valence-corrected chi connectivity index (χ2v) is 7.72. The van der Waals surface area contributed by atoms with Gasteiger partial charge in [-0.15, -0.1) is 16.4 Å². The van der Waals surface area contributed by atoms with Gasteiger partial charge < -0.3 is 4.74 Å². The number of thiazole rings is 1. The largest absolute Gasteiger partial charge is 0.494 e. The quantitative estimate of drug-likeness (QED) is 0.424. The van der Waals surface area contributed by atoms with Crippen molar-refractivity contribution in [1.82, 2.24) is 25.2 Å². The zero-order valence-electron chi connectivity index (χ0n) is 14.2. The topological polar surface area (TPSA) is 65.7 Å². The van der Waals surface area contributed by atoms with Gasteiger partial charge in [0.05, 0.1) is 12.8 Å². The summed E-state index contributed by atoms with van der Waals surface area (Å²) in [5.41, 5.74) is 2.83. The number of benzene rings is 2. The van der Waals surface area contributed by atoms with Crippen molar-refractivity contribution in [2.24, 2.45) is 0 Å². The number of ether oxygens (including phenoxy) is 1. The monoisotopic (exact) mass is 415 g/mol. The van der Waals surface area contributed by atoms with Crippen LogP contribution in [-0.2, 0) is 5.75 Å². The lowest BCUT2D eigenvalue weighted by molar-refractivity contribution is 0.410. The van der Waals surface area contributed by atoms with Gasteiger partial charge in [0.25, 0.3) is 0 Å². The molecule has 2 heterocycles. The Kier molecular flexibility index (Phi) is 5.38. The fourth-order valence-corrected chi connectivity index (χ4v) is 4.30. The second kappa shape index (κ2) is 8.08. The summed E-state index contributed by atoms with van der Waals surface area (Å²) in [5.74, 6) is 1.38. The number of thioether (sulfide) groups is 1. The normalized spacial score (nSPS) is 10.9. The van der Waals surface area contributed by atoms with Crippen molar-refractivity contribution >= 4 is 34.7 Å². The van der Waals surface area contributed by atoms with E-state index in [4.69, 9.17) is 21.3 Å². The van der Waals surface area contributed by atoms with Gasteiger partial charge in [-0.05, 0) is 34.7 Å². The zero-order valence-corrected chi connectivity index (χ0v) is 16.6. The van der Waals surface area contributed by atoms with Crippen LogP contribution < -0.4 is 4.74 Å². The van der Waals surface area contributed by atoms with Gasteiger partial charge in [-0.25, -0.2) is 4.98 Å². The van der Waals surface area contributed by atoms with Crippen molar-refractivity contribution in [1.29, 1.82) is 0 Å². The first-order chi connectivity index (χ1) is 13.2. The van der Waals surface area contributed by atoms with Crippen LogP contribution in [0.15, 0.2) is 59.1 Å². The maximum Gasteiger partial charge on any atom is 0.214 e. The SMILES string of the molecule is COc1ccccc1-n1nnnc1SCc1csc(-c2ccc(Cl)cc2)n1. The Balaban J connectivity index is 1.51. The molecule has 2 aromatic carbocycles. The number of aromatic nitrogens is 5. The van der Waals surface area contributed by atoms with Crippen LogP contribution in [0.4, 0.5) is 0 Å². The van der Waals surface area contributed by atoms with E-state index in [0.717, 1.165) is 22.0 Å². The summed E-state index contributed by atoms with van der Waals surface area (Å²) in [7, 11) is 1.63. The average Bonchev–Trinajstić information content (AvgIpc) is 3.36. The molecule has 0 N–H and O–H groups in total. The predicted molar refractivity (Wildman–Crippen MR) is 108 cm³/mol. The van der Waals surface area contributed by atoms with Gasteiger partial charge in [0.15, 0.2) is 0 Å². The van der Waals surface area contributed by atoms with Gasteiger partial charge in [0, 0.05) is 21.7 Å². The Bertz CT molecular complexity index is 1050. The number of hydrogen-bond donors (Lipinski definition) is 0. The molecule has 4 aromatic rings. The van der Waals surface area contributed by atoms with Crippen LogP contribution in [0, 0.1) is 0 Å². The molecular formula is C18H14ClN5OS2. The minimum absolute atomic E-state index is 0.666. The van der Waals surface area contributed by atoms with Crippen LogP contribution in [0.2, 0.25) is 5.02 Å². The summed E-state index contributed by atoms with van der Waals surface area (Å²) < 4.78 is 7.08. The number of methoxy groups -OCH3 is 1. The molecule has 0 saturated carbocycles. The van der Waals surface area contributed by atoms with Crippen molar-refractivity contribution in [3.63, 3.8) is 0 Å². The molecule has 0 unspecified atom stereocenters. The Morgan fingerprint density at radius 3 is 2.78 bits per heavy atom. The first kappa shape index (κ1) is 18.0. The molecule has 0 amide bonds. The third-order valence-corrected chi connectivity index (χ3v) is 5.89. The second-order valence-electron chi connectivity index (χ2n) is 5.48. The molecule has 6 nitrogen and oxygen atoms in total. The Morgan fingerprint density at radius 1 is 1.15 bits per heavy atom. The summed E-state index contributed by atoms with van der Waals surface area (Å²) in [4.78, 5) is 4.70. The summed E-state index contributed by atoms with van der Waals surface area (Å²) in [6, 6.07) is 15.3. The van der Waals surface area contributed by atoms with Crippen molar-refractivity contribution < 1.29 is 4.74 Å². The lowest BCUT2D eigenvalue weighted by atomic mass is 10.2. The molecule has 27 heavy (non-hydrogen) atoms. The molecule has 136 valence electrons. The number of nitrogens with zero attached hydrogens (tertiary/aromatic N) is 5. The molecule has 0 aliphatic rings. The summed E-state index contributed by atoms with van der Waals surface area (Å²) >= 11 is 9.08. The lowest BCUT2D eigenvalue weighted by Gasteiger charge is -2.08. The highest BCUT2D eigenvalue weighted by molar-refractivity contribution is 7.98. The van der Waals surface area contributed by atoms with Gasteiger partial charge in [-0.3, -0.25) is 0 Å². The van der Waals surface area contributed by atoms with E-state index in [2.05, 4.69) is 15.5 Å². The molecule has 0 saturated heterocycles. The molecule has 4 rings (SSSR count). The molecule has 0 atom stereocenters. The average molecular weight is 416 g/mol. The standard InChI is InChI=1S/C18H14ClN5OS2/c1-25-16-5-3-2-4-15(16)24-18(21-22-23-24)27-11-14-10-26-17(20-14)12-6-8-13(19)9-7-12/h2-10H,11H2,1H3. The molecule has 0 fully saturated rings. The van der Waals surface area contributed by atoms with Crippen LogP contribution in [-0.4, -0.2) is 32.3 Å². The van der Waals surface area contributed by atoms with Crippen LogP contribution >= 0.6 is 34.7 Å². The molecule has 0 spiro atoms. The van der Waals surface area contributed by atoms with E-state index in [1.807, 2.05) is 53.9 Å². The van der Waals surface area contributed by atoms with Crippen molar-refractivity contribution in [2.45, 2.75) is 10.9 Å². The summed E-state index contributed by atoms with van der Waals surface area (Å²) in [6.07, 6.45) is 0. The number of rotatable bonds is 6. The van der Waals surface area contributed by atoms with Gasteiger partial charge in [-0.2, -0.15) is 4.68 Å².